The molecule has 2 aliphatic heterocycles. The number of nitrogen functional groups attached to an aromatic ring is 1. The number of carbonyl (C=O) groups excluding carboxylic acids is 3. The molecule has 5 rings (SSSR count). The number of carboxylic acid groups (broad SMARTS) is 1. The van der Waals surface area contributed by atoms with Crippen molar-refractivity contribution in [3.8, 4) is 0 Å². The van der Waals surface area contributed by atoms with Gasteiger partial charge in [0.05, 0.1) is 30.8 Å². The lowest BCUT2D eigenvalue weighted by molar-refractivity contribution is -0.150. The number of anilines is 2. The Hall–Kier alpha value is -3.59. The van der Waals surface area contributed by atoms with Crippen molar-refractivity contribution in [3.05, 3.63) is 33.4 Å². The van der Waals surface area contributed by atoms with Gasteiger partial charge in [0.25, 0.3) is 5.91 Å². The second kappa shape index (κ2) is 13.4. The topological polar surface area (TPSA) is 214 Å². The molecule has 0 saturated carbocycles. The summed E-state index contributed by atoms with van der Waals surface area (Å²) >= 11 is 5.11. The summed E-state index contributed by atoms with van der Waals surface area (Å²) in [5.74, 6) is -1.78. The van der Waals surface area contributed by atoms with Crippen LogP contribution in [0.2, 0.25) is 0 Å². The number of thiazole rings is 2. The van der Waals surface area contributed by atoms with E-state index in [0.717, 1.165) is 6.54 Å². The first-order chi connectivity index (χ1) is 20.6. The minimum Gasteiger partial charge on any atom is -0.477 e. The first kappa shape index (κ1) is 30.9. The molecular weight excluding hydrogens is 639 g/mol. The third kappa shape index (κ3) is 7.32. The molecule has 43 heavy (non-hydrogen) atoms. The third-order valence-corrected chi connectivity index (χ3v) is 10.2. The predicted molar refractivity (Wildman–Crippen MR) is 161 cm³/mol. The molecule has 5 heterocycles. The maximum atomic E-state index is 13.0. The summed E-state index contributed by atoms with van der Waals surface area (Å²) in [5, 5.41) is 31.2. The number of carbonyl (C=O) groups is 4. The van der Waals surface area contributed by atoms with E-state index in [0.29, 0.717) is 50.4 Å². The highest BCUT2D eigenvalue weighted by Gasteiger charge is 2.54. The Labute approximate surface area is 261 Å². The van der Waals surface area contributed by atoms with Crippen LogP contribution in [0.3, 0.4) is 0 Å². The lowest BCUT2D eigenvalue weighted by Crippen LogP contribution is -2.70. The zero-order valence-corrected chi connectivity index (χ0v) is 26.2. The average molecular weight is 666 g/mol. The Morgan fingerprint density at radius 1 is 1.16 bits per heavy atom. The zero-order chi connectivity index (χ0) is 30.7. The van der Waals surface area contributed by atoms with Crippen molar-refractivity contribution in [2.45, 2.75) is 36.0 Å². The van der Waals surface area contributed by atoms with Crippen LogP contribution in [0.1, 0.15) is 11.4 Å². The predicted octanol–water partition coefficient (Wildman–Crippen LogP) is -0.0155. The highest BCUT2D eigenvalue weighted by molar-refractivity contribution is 8.01. The summed E-state index contributed by atoms with van der Waals surface area (Å²) in [6, 6.07) is -0.859. The van der Waals surface area contributed by atoms with Crippen LogP contribution in [-0.2, 0) is 38.6 Å². The molecule has 1 saturated heterocycles. The molecule has 3 amide bonds. The number of β-lactam (4-membered cyclic amide) rings is 1. The normalized spacial score (nSPS) is 18.0. The van der Waals surface area contributed by atoms with Gasteiger partial charge in [-0.15, -0.1) is 39.5 Å². The number of aliphatic carboxylic acids is 1. The molecule has 0 unspecified atom stereocenters. The van der Waals surface area contributed by atoms with Gasteiger partial charge in [0, 0.05) is 28.8 Å². The number of amides is 3. The van der Waals surface area contributed by atoms with Crippen molar-refractivity contribution in [3.63, 3.8) is 0 Å². The Balaban J connectivity index is 1.15. The molecule has 0 radical (unpaired) electrons. The molecule has 2 aliphatic rings. The fraction of sp³-hybridized carbons (Fsp3) is 0.435. The molecule has 0 aliphatic carbocycles. The smallest absolute Gasteiger partial charge is 0.352 e. The molecular formula is C23H27N11O5S4. The molecule has 5 N–H and O–H groups in total. The van der Waals surface area contributed by atoms with E-state index in [2.05, 4.69) is 36.1 Å². The largest absolute Gasteiger partial charge is 0.477 e. The van der Waals surface area contributed by atoms with E-state index in [4.69, 9.17) is 5.73 Å². The first-order valence-corrected chi connectivity index (χ1v) is 16.6. The summed E-state index contributed by atoms with van der Waals surface area (Å²) in [5.41, 5.74) is 7.08. The van der Waals surface area contributed by atoms with Gasteiger partial charge in [-0.1, -0.05) is 11.8 Å². The number of carboxylic acids is 1. The summed E-state index contributed by atoms with van der Waals surface area (Å²) in [7, 11) is 3.88. The third-order valence-electron chi connectivity index (χ3n) is 6.25. The lowest BCUT2D eigenvalue weighted by atomic mass is 10.0. The molecule has 0 aromatic carbocycles. The molecule has 2 atom stereocenters. The minimum atomic E-state index is -1.21. The second-order valence-corrected chi connectivity index (χ2v) is 13.5. The van der Waals surface area contributed by atoms with E-state index in [9.17, 15) is 24.3 Å². The number of thioether (sulfide) groups is 2. The maximum Gasteiger partial charge on any atom is 0.352 e. The van der Waals surface area contributed by atoms with Crippen LogP contribution in [0.4, 0.5) is 10.3 Å². The molecule has 0 bridgehead atoms. The number of aromatic nitrogens is 6. The van der Waals surface area contributed by atoms with Gasteiger partial charge in [0.1, 0.15) is 17.1 Å². The number of fused-ring (bicyclic) bond motifs is 1. The molecule has 20 heteroatoms. The summed E-state index contributed by atoms with van der Waals surface area (Å²) in [4.78, 5) is 61.8. The molecule has 3 aromatic heterocycles. The van der Waals surface area contributed by atoms with E-state index in [-0.39, 0.29) is 24.4 Å². The quantitative estimate of drug-likeness (QED) is 0.140. The van der Waals surface area contributed by atoms with E-state index >= 15 is 0 Å². The van der Waals surface area contributed by atoms with Crippen LogP contribution in [-0.4, -0.2) is 112 Å². The van der Waals surface area contributed by atoms with Gasteiger partial charge in [-0.05, 0) is 30.1 Å². The number of nitrogens with zero attached hydrogens (tertiary/aromatic N) is 8. The van der Waals surface area contributed by atoms with Crippen molar-refractivity contribution in [2.75, 3.05) is 43.2 Å². The molecule has 16 nitrogen and oxygen atoms in total. The maximum absolute atomic E-state index is 13.0. The average Bonchev–Trinajstić information content (AvgIpc) is 3.70. The van der Waals surface area contributed by atoms with Crippen molar-refractivity contribution in [2.24, 2.45) is 0 Å². The molecule has 1 fully saturated rings. The Kier molecular flexibility index (Phi) is 9.59. The van der Waals surface area contributed by atoms with Crippen LogP contribution in [0, 0.1) is 0 Å². The van der Waals surface area contributed by atoms with Crippen LogP contribution in [0.25, 0.3) is 0 Å². The molecule has 228 valence electrons. The summed E-state index contributed by atoms with van der Waals surface area (Å²) < 4.78 is 1.66. The summed E-state index contributed by atoms with van der Waals surface area (Å²) in [6.07, 6.45) is -0.0621. The van der Waals surface area contributed by atoms with E-state index < -0.39 is 29.2 Å². The fourth-order valence-corrected chi connectivity index (χ4v) is 7.92. The van der Waals surface area contributed by atoms with Crippen LogP contribution >= 0.6 is 46.2 Å². The van der Waals surface area contributed by atoms with Gasteiger partial charge < -0.3 is 26.4 Å². The first-order valence-electron chi connectivity index (χ1n) is 12.8. The Morgan fingerprint density at radius 3 is 2.63 bits per heavy atom. The van der Waals surface area contributed by atoms with Crippen molar-refractivity contribution >= 4 is 80.2 Å². The number of hydrogen-bond acceptors (Lipinski definition) is 15. The standard InChI is InChI=1S/C23H27N11O5S4/c1-32(2)3-4-33-23(29-30-31-33)43-8-11-7-40-19-16(18(37)34(19)17(11)20(38)39)27-14(35)6-13-10-42-22(26-13)28-15(36)5-12-9-41-21(24)25-12/h9-10,16,19H,3-8H2,1-2H3,(H2,24,25)(H,27,35)(H,38,39)(H,26,28,36)/t16-,19-/m1/s1. The highest BCUT2D eigenvalue weighted by atomic mass is 32.2. The Bertz CT molecular complexity index is 1570. The van der Waals surface area contributed by atoms with Gasteiger partial charge >= 0.3 is 5.97 Å². The van der Waals surface area contributed by atoms with Crippen molar-refractivity contribution in [1.29, 1.82) is 0 Å². The van der Waals surface area contributed by atoms with Crippen LogP contribution in [0.5, 0.6) is 0 Å². The number of nitrogens with one attached hydrogen (secondary N) is 2. The Morgan fingerprint density at radius 2 is 1.91 bits per heavy atom. The van der Waals surface area contributed by atoms with E-state index in [1.807, 2.05) is 19.0 Å². The number of rotatable bonds is 13. The second-order valence-electron chi connectivity index (χ2n) is 9.71. The van der Waals surface area contributed by atoms with Crippen molar-refractivity contribution < 1.29 is 24.3 Å². The zero-order valence-electron chi connectivity index (χ0n) is 22.9. The fourth-order valence-electron chi connectivity index (χ4n) is 4.25. The lowest BCUT2D eigenvalue weighted by Gasteiger charge is -2.49. The van der Waals surface area contributed by atoms with Gasteiger partial charge in [-0.3, -0.25) is 19.3 Å². The molecule has 3 aromatic rings. The SMILES string of the molecule is CN(C)CCn1nnnc1SCC1=C(C(=O)O)N2C(=O)[C@@H](NC(=O)Cc3csc(NC(=O)Cc4csc(N)n4)n3)[C@H]2SC1. The van der Waals surface area contributed by atoms with Gasteiger partial charge in [-0.25, -0.2) is 19.4 Å². The number of likely N-dealkylation sites (N-methyl/N-ethyl adjacent to an activating group) is 1. The molecule has 0 spiro atoms. The number of hydrogen-bond donors (Lipinski definition) is 4. The number of nitrogens with two attached hydrogens (primary N) is 1. The minimum absolute atomic E-state index is 0.0468. The van der Waals surface area contributed by atoms with Gasteiger partial charge in [0.2, 0.25) is 17.0 Å². The highest BCUT2D eigenvalue weighted by Crippen LogP contribution is 2.41. The monoisotopic (exact) mass is 665 g/mol. The summed E-state index contributed by atoms with van der Waals surface area (Å²) in [6.45, 7) is 1.31. The van der Waals surface area contributed by atoms with Gasteiger partial charge in [0.15, 0.2) is 10.3 Å². The number of tetrazole rings is 1. The van der Waals surface area contributed by atoms with Gasteiger partial charge in [-0.2, -0.15) is 0 Å². The van der Waals surface area contributed by atoms with E-state index in [1.54, 1.807) is 15.4 Å². The van der Waals surface area contributed by atoms with Crippen LogP contribution in [0.15, 0.2) is 27.2 Å². The van der Waals surface area contributed by atoms with Crippen LogP contribution < -0.4 is 16.4 Å². The van der Waals surface area contributed by atoms with Crippen molar-refractivity contribution in [1.82, 2.24) is 45.3 Å². The van der Waals surface area contributed by atoms with E-state index in [1.165, 1.54) is 51.1 Å².